The molecule has 2 aromatic carbocycles. The van der Waals surface area contributed by atoms with Gasteiger partial charge in [-0.1, -0.05) is 32.0 Å². The average molecular weight is 453 g/mol. The minimum Gasteiger partial charge on any atom is -0.496 e. The number of aromatic carboxylic acids is 1. The van der Waals surface area contributed by atoms with Crippen molar-refractivity contribution in [1.82, 2.24) is 9.27 Å². The first kappa shape index (κ1) is 22.3. The van der Waals surface area contributed by atoms with E-state index in [4.69, 9.17) is 9.47 Å². The van der Waals surface area contributed by atoms with E-state index >= 15 is 0 Å². The fraction of sp³-hybridized carbons (Fsp3) is 0.360. The van der Waals surface area contributed by atoms with Crippen LogP contribution in [0.5, 0.6) is 11.5 Å². The standard InChI is InChI=1S/C25H28N2O4S/c1-14(2)18-11-19(21(31-5)12-20(18)30-4)24-22(23(25(28)29)26-32-24)16-6-7-17-13-27(3)9-8-15(17)10-16/h6-7,10-12,14H,8-9,13H2,1-5H3,(H,28,29). The smallest absolute Gasteiger partial charge is 0.356 e. The van der Waals surface area contributed by atoms with Crippen LogP contribution >= 0.6 is 11.5 Å². The number of fused-ring (bicyclic) bond motifs is 1. The number of benzene rings is 2. The van der Waals surface area contributed by atoms with Gasteiger partial charge in [0, 0.05) is 30.3 Å². The molecule has 3 aromatic rings. The molecule has 0 amide bonds. The zero-order valence-electron chi connectivity index (χ0n) is 19.1. The molecule has 1 aliphatic rings. The van der Waals surface area contributed by atoms with Crippen LogP contribution in [0.4, 0.5) is 0 Å². The van der Waals surface area contributed by atoms with E-state index in [9.17, 15) is 9.90 Å². The number of hydrogen-bond acceptors (Lipinski definition) is 6. The van der Waals surface area contributed by atoms with Gasteiger partial charge in [0.2, 0.25) is 0 Å². The summed E-state index contributed by atoms with van der Waals surface area (Å²) in [5.74, 6) is 0.581. The third-order valence-electron chi connectivity index (χ3n) is 6.01. The number of nitrogens with zero attached hydrogens (tertiary/aromatic N) is 2. The summed E-state index contributed by atoms with van der Waals surface area (Å²) < 4.78 is 15.6. The van der Waals surface area contributed by atoms with Crippen LogP contribution in [0.2, 0.25) is 0 Å². The van der Waals surface area contributed by atoms with E-state index in [-0.39, 0.29) is 11.6 Å². The topological polar surface area (TPSA) is 71.9 Å². The second-order valence-corrected chi connectivity index (χ2v) is 9.23. The van der Waals surface area contributed by atoms with E-state index in [0.717, 1.165) is 46.8 Å². The first-order valence-corrected chi connectivity index (χ1v) is 11.4. The zero-order chi connectivity index (χ0) is 23.0. The van der Waals surface area contributed by atoms with Gasteiger partial charge in [0.05, 0.1) is 19.1 Å². The van der Waals surface area contributed by atoms with E-state index in [1.54, 1.807) is 14.2 Å². The predicted octanol–water partition coefficient (Wildman–Crippen LogP) is 5.30. The molecule has 0 fully saturated rings. The summed E-state index contributed by atoms with van der Waals surface area (Å²) >= 11 is 1.19. The Bertz CT molecular complexity index is 1170. The highest BCUT2D eigenvalue weighted by molar-refractivity contribution is 7.10. The van der Waals surface area contributed by atoms with Crippen molar-refractivity contribution in [2.75, 3.05) is 27.8 Å². The number of carboxylic acids is 1. The van der Waals surface area contributed by atoms with Crippen LogP contribution in [0.1, 0.15) is 46.9 Å². The molecular formula is C25H28N2O4S. The normalized spacial score (nSPS) is 13.8. The van der Waals surface area contributed by atoms with Crippen LogP contribution in [0.15, 0.2) is 30.3 Å². The molecular weight excluding hydrogens is 424 g/mol. The molecule has 32 heavy (non-hydrogen) atoms. The molecule has 0 atom stereocenters. The molecule has 0 unspecified atom stereocenters. The molecule has 2 heterocycles. The lowest BCUT2D eigenvalue weighted by Crippen LogP contribution is -2.26. The number of rotatable bonds is 6. The van der Waals surface area contributed by atoms with Gasteiger partial charge in [-0.25, -0.2) is 4.79 Å². The third kappa shape index (κ3) is 3.98. The van der Waals surface area contributed by atoms with E-state index < -0.39 is 5.97 Å². The van der Waals surface area contributed by atoms with Crippen LogP contribution < -0.4 is 9.47 Å². The molecule has 1 aromatic heterocycles. The maximum Gasteiger partial charge on any atom is 0.356 e. The van der Waals surface area contributed by atoms with Crippen molar-refractivity contribution in [2.24, 2.45) is 0 Å². The molecule has 0 spiro atoms. The maximum absolute atomic E-state index is 12.1. The third-order valence-corrected chi connectivity index (χ3v) is 6.89. The van der Waals surface area contributed by atoms with Crippen molar-refractivity contribution in [3.63, 3.8) is 0 Å². The Morgan fingerprint density at radius 1 is 1.12 bits per heavy atom. The van der Waals surface area contributed by atoms with Crippen molar-refractivity contribution in [3.8, 4) is 33.1 Å². The summed E-state index contributed by atoms with van der Waals surface area (Å²) in [5.41, 5.74) is 6.00. The lowest BCUT2D eigenvalue weighted by atomic mass is 9.91. The number of carbonyl (C=O) groups is 1. The summed E-state index contributed by atoms with van der Waals surface area (Å²) in [6.07, 6.45) is 0.943. The lowest BCUT2D eigenvalue weighted by molar-refractivity contribution is 0.0692. The second kappa shape index (κ2) is 8.92. The van der Waals surface area contributed by atoms with Crippen molar-refractivity contribution in [1.29, 1.82) is 0 Å². The molecule has 1 N–H and O–H groups in total. The van der Waals surface area contributed by atoms with Crippen LogP contribution in [0, 0.1) is 0 Å². The molecule has 1 aliphatic heterocycles. The predicted molar refractivity (Wildman–Crippen MR) is 127 cm³/mol. The average Bonchev–Trinajstić information content (AvgIpc) is 3.23. The van der Waals surface area contributed by atoms with Crippen molar-refractivity contribution < 1.29 is 19.4 Å². The van der Waals surface area contributed by atoms with Gasteiger partial charge in [0.25, 0.3) is 0 Å². The van der Waals surface area contributed by atoms with E-state index in [2.05, 4.69) is 42.3 Å². The van der Waals surface area contributed by atoms with E-state index in [0.29, 0.717) is 11.3 Å². The highest BCUT2D eigenvalue weighted by Gasteiger charge is 2.26. The van der Waals surface area contributed by atoms with E-state index in [1.165, 1.54) is 22.7 Å². The second-order valence-electron chi connectivity index (χ2n) is 8.46. The highest BCUT2D eigenvalue weighted by Crippen LogP contribution is 2.46. The SMILES string of the molecule is COc1cc(OC)c(C(C)C)cc1-c1snc(C(=O)O)c1-c1ccc2c(c1)CCN(C)C2. The minimum atomic E-state index is -1.03. The summed E-state index contributed by atoms with van der Waals surface area (Å²) in [6.45, 7) is 6.09. The van der Waals surface area contributed by atoms with Gasteiger partial charge < -0.3 is 19.5 Å². The van der Waals surface area contributed by atoms with Gasteiger partial charge in [0.15, 0.2) is 5.69 Å². The molecule has 0 aliphatic carbocycles. The molecule has 7 heteroatoms. The molecule has 0 bridgehead atoms. The van der Waals surface area contributed by atoms with Crippen LogP contribution in [-0.2, 0) is 13.0 Å². The molecule has 0 radical (unpaired) electrons. The Balaban J connectivity index is 1.94. The molecule has 6 nitrogen and oxygen atoms in total. The van der Waals surface area contributed by atoms with Crippen molar-refractivity contribution >= 4 is 17.5 Å². The number of carboxylic acid groups (broad SMARTS) is 1. The van der Waals surface area contributed by atoms with Gasteiger partial charge in [-0.2, -0.15) is 4.37 Å². The van der Waals surface area contributed by atoms with Gasteiger partial charge in [-0.05, 0) is 59.2 Å². The first-order valence-electron chi connectivity index (χ1n) is 10.6. The number of hydrogen-bond donors (Lipinski definition) is 1. The van der Waals surface area contributed by atoms with Gasteiger partial charge in [-0.3, -0.25) is 0 Å². The fourth-order valence-corrected chi connectivity index (χ4v) is 5.21. The Kier molecular flexibility index (Phi) is 6.22. The fourth-order valence-electron chi connectivity index (χ4n) is 4.29. The van der Waals surface area contributed by atoms with Crippen molar-refractivity contribution in [3.05, 3.63) is 52.7 Å². The number of ether oxygens (including phenoxy) is 2. The summed E-state index contributed by atoms with van der Waals surface area (Å²) in [6, 6.07) is 10.2. The minimum absolute atomic E-state index is 0.0712. The molecule has 168 valence electrons. The van der Waals surface area contributed by atoms with Gasteiger partial charge in [-0.15, -0.1) is 0 Å². The number of likely N-dealkylation sites (N-methyl/N-ethyl adjacent to an activating group) is 1. The molecule has 4 rings (SSSR count). The quantitative estimate of drug-likeness (QED) is 0.547. The Morgan fingerprint density at radius 2 is 1.88 bits per heavy atom. The highest BCUT2D eigenvalue weighted by atomic mass is 32.1. The zero-order valence-corrected chi connectivity index (χ0v) is 19.9. The summed E-state index contributed by atoms with van der Waals surface area (Å²) in [4.78, 5) is 15.2. The number of aromatic nitrogens is 1. The summed E-state index contributed by atoms with van der Waals surface area (Å²) in [5, 5.41) is 9.90. The van der Waals surface area contributed by atoms with E-state index in [1.807, 2.05) is 18.2 Å². The summed E-state index contributed by atoms with van der Waals surface area (Å²) in [7, 11) is 5.37. The van der Waals surface area contributed by atoms with Gasteiger partial charge >= 0.3 is 5.97 Å². The Morgan fingerprint density at radius 3 is 2.53 bits per heavy atom. The van der Waals surface area contributed by atoms with Crippen molar-refractivity contribution in [2.45, 2.75) is 32.7 Å². The van der Waals surface area contributed by atoms with Gasteiger partial charge in [0.1, 0.15) is 11.5 Å². The largest absolute Gasteiger partial charge is 0.496 e. The Labute approximate surface area is 192 Å². The monoisotopic (exact) mass is 452 g/mol. The van der Waals surface area contributed by atoms with Crippen LogP contribution in [0.3, 0.4) is 0 Å². The number of methoxy groups -OCH3 is 2. The van der Waals surface area contributed by atoms with Crippen LogP contribution in [-0.4, -0.2) is 48.2 Å². The van der Waals surface area contributed by atoms with Crippen LogP contribution in [0.25, 0.3) is 21.6 Å². The molecule has 0 saturated carbocycles. The Hall–Kier alpha value is -2.90. The molecule has 0 saturated heterocycles. The maximum atomic E-state index is 12.1. The first-order chi connectivity index (χ1) is 15.3. The lowest BCUT2D eigenvalue weighted by Gasteiger charge is -2.25.